The molecule has 2 N–H and O–H groups in total. The maximum absolute atomic E-state index is 4.69. The van der Waals surface area contributed by atoms with Crippen LogP contribution in [0, 0.1) is 0 Å². The van der Waals surface area contributed by atoms with Crippen molar-refractivity contribution in [3.8, 4) is 44.5 Å². The van der Waals surface area contributed by atoms with Crippen LogP contribution in [0.15, 0.2) is 152 Å². The molecule has 0 aliphatic rings. The fourth-order valence-corrected chi connectivity index (χ4v) is 6.72. The molecule has 9 rings (SSSR count). The number of para-hydroxylation sites is 4. The number of benzene rings is 6. The second kappa shape index (κ2) is 9.82. The molecule has 0 bridgehead atoms. The summed E-state index contributed by atoms with van der Waals surface area (Å²) in [6, 6.07) is 49.9. The van der Waals surface area contributed by atoms with Gasteiger partial charge in [0.05, 0.1) is 11.0 Å². The summed E-state index contributed by atoms with van der Waals surface area (Å²) in [4.78, 5) is 12.0. The molecule has 0 spiro atoms. The number of nitrogens with one attached hydrogen (secondary N) is 2. The minimum Gasteiger partial charge on any atom is -0.354 e. The molecule has 0 radical (unpaired) electrons. The molecule has 9 aromatic rings. The molecule has 3 aromatic heterocycles. The molecule has 44 heavy (non-hydrogen) atoms. The van der Waals surface area contributed by atoms with Gasteiger partial charge in [0.2, 0.25) is 0 Å². The van der Waals surface area contributed by atoms with Gasteiger partial charge in [-0.15, -0.1) is 0 Å². The van der Waals surface area contributed by atoms with Crippen LogP contribution in [0.2, 0.25) is 0 Å². The summed E-state index contributed by atoms with van der Waals surface area (Å²) < 4.78 is 0. The number of rotatable bonds is 4. The van der Waals surface area contributed by atoms with Gasteiger partial charge in [0.25, 0.3) is 0 Å². The molecule has 0 unspecified atom stereocenters. The quantitative estimate of drug-likeness (QED) is 0.221. The van der Waals surface area contributed by atoms with Crippen LogP contribution >= 0.6 is 0 Å². The molecule has 0 atom stereocenters. The van der Waals surface area contributed by atoms with Crippen molar-refractivity contribution in [3.63, 3.8) is 0 Å². The lowest BCUT2D eigenvalue weighted by Crippen LogP contribution is -1.87. The van der Waals surface area contributed by atoms with Crippen LogP contribution in [0.5, 0.6) is 0 Å². The Balaban J connectivity index is 1.11. The standard InChI is InChI=1S/C41H27N3/c1-3-19-38-34(13-1)36-17-7-15-32(40(36)43-38)28-11-5-9-26(21-28)30-23-31(25-42-24-30)27-10-6-12-29(22-27)33-16-8-18-37-35-14-2-4-20-39(35)44-41(33)37/h1-25,43-44H. The lowest BCUT2D eigenvalue weighted by atomic mass is 9.95. The van der Waals surface area contributed by atoms with Crippen LogP contribution in [0.1, 0.15) is 0 Å². The number of hydrogen-bond donors (Lipinski definition) is 2. The lowest BCUT2D eigenvalue weighted by molar-refractivity contribution is 1.33. The Kier molecular flexibility index (Phi) is 5.50. The monoisotopic (exact) mass is 561 g/mol. The van der Waals surface area contributed by atoms with Gasteiger partial charge in [-0.1, -0.05) is 109 Å². The van der Waals surface area contributed by atoms with E-state index in [4.69, 9.17) is 0 Å². The van der Waals surface area contributed by atoms with E-state index in [1.165, 1.54) is 54.8 Å². The smallest absolute Gasteiger partial charge is 0.0544 e. The molecule has 0 aliphatic carbocycles. The topological polar surface area (TPSA) is 44.5 Å². The number of pyridine rings is 1. The molecule has 6 aromatic carbocycles. The zero-order chi connectivity index (χ0) is 29.0. The second-order valence-electron chi connectivity index (χ2n) is 11.4. The Morgan fingerprint density at radius 2 is 0.750 bits per heavy atom. The van der Waals surface area contributed by atoms with Gasteiger partial charge in [0, 0.05) is 67.2 Å². The summed E-state index contributed by atoms with van der Waals surface area (Å²) >= 11 is 0. The number of H-pyrrole nitrogens is 2. The van der Waals surface area contributed by atoms with Gasteiger partial charge in [-0.3, -0.25) is 4.98 Å². The molecular weight excluding hydrogens is 534 g/mol. The first-order chi connectivity index (χ1) is 21.8. The molecule has 3 heteroatoms. The van der Waals surface area contributed by atoms with E-state index in [2.05, 4.69) is 154 Å². The van der Waals surface area contributed by atoms with Crippen molar-refractivity contribution in [1.29, 1.82) is 0 Å². The molecular formula is C41H27N3. The Bertz CT molecular complexity index is 2340. The number of fused-ring (bicyclic) bond motifs is 6. The first kappa shape index (κ1) is 24.6. The lowest BCUT2D eigenvalue weighted by Gasteiger charge is -2.10. The van der Waals surface area contributed by atoms with E-state index >= 15 is 0 Å². The molecule has 3 heterocycles. The number of hydrogen-bond acceptors (Lipinski definition) is 1. The molecule has 0 saturated carbocycles. The summed E-state index contributed by atoms with van der Waals surface area (Å²) in [6.07, 6.45) is 3.92. The Hall–Kier alpha value is -5.93. The zero-order valence-corrected chi connectivity index (χ0v) is 23.9. The van der Waals surface area contributed by atoms with Crippen molar-refractivity contribution >= 4 is 43.6 Å². The average Bonchev–Trinajstić information content (AvgIpc) is 3.67. The van der Waals surface area contributed by atoms with E-state index in [0.29, 0.717) is 0 Å². The molecule has 3 nitrogen and oxygen atoms in total. The molecule has 206 valence electrons. The van der Waals surface area contributed by atoms with E-state index in [0.717, 1.165) is 33.3 Å². The highest BCUT2D eigenvalue weighted by Crippen LogP contribution is 2.37. The van der Waals surface area contributed by atoms with E-state index < -0.39 is 0 Å². The number of aromatic amines is 2. The van der Waals surface area contributed by atoms with Gasteiger partial charge in [0.1, 0.15) is 0 Å². The highest BCUT2D eigenvalue weighted by atomic mass is 14.7. The highest BCUT2D eigenvalue weighted by Gasteiger charge is 2.13. The summed E-state index contributed by atoms with van der Waals surface area (Å²) in [5.41, 5.74) is 13.9. The highest BCUT2D eigenvalue weighted by molar-refractivity contribution is 6.13. The van der Waals surface area contributed by atoms with E-state index in [1.807, 2.05) is 12.4 Å². The predicted molar refractivity (Wildman–Crippen MR) is 185 cm³/mol. The largest absolute Gasteiger partial charge is 0.354 e. The van der Waals surface area contributed by atoms with Crippen molar-refractivity contribution < 1.29 is 0 Å². The summed E-state index contributed by atoms with van der Waals surface area (Å²) in [5, 5.41) is 4.99. The van der Waals surface area contributed by atoms with E-state index in [9.17, 15) is 0 Å². The van der Waals surface area contributed by atoms with Crippen LogP contribution < -0.4 is 0 Å². The third-order valence-corrected chi connectivity index (χ3v) is 8.83. The third-order valence-electron chi connectivity index (χ3n) is 8.83. The van der Waals surface area contributed by atoms with Crippen molar-refractivity contribution in [3.05, 3.63) is 152 Å². The average molecular weight is 562 g/mol. The van der Waals surface area contributed by atoms with E-state index in [1.54, 1.807) is 0 Å². The van der Waals surface area contributed by atoms with Crippen LogP contribution in [-0.2, 0) is 0 Å². The van der Waals surface area contributed by atoms with Crippen molar-refractivity contribution in [2.75, 3.05) is 0 Å². The number of aromatic nitrogens is 3. The minimum absolute atomic E-state index is 1.09. The van der Waals surface area contributed by atoms with Gasteiger partial charge in [-0.2, -0.15) is 0 Å². The Morgan fingerprint density at radius 1 is 0.341 bits per heavy atom. The van der Waals surface area contributed by atoms with Crippen LogP contribution in [0.25, 0.3) is 88.1 Å². The van der Waals surface area contributed by atoms with Crippen LogP contribution in [-0.4, -0.2) is 15.0 Å². The SMILES string of the molecule is c1cc(-c2cncc(-c3cccc(-c4cccc5c4[nH]c4ccccc45)c3)c2)cc(-c2cccc3c2[nH]c2ccccc23)c1. The van der Waals surface area contributed by atoms with Gasteiger partial charge in [-0.05, 0) is 52.6 Å². The fourth-order valence-electron chi connectivity index (χ4n) is 6.72. The number of nitrogens with zero attached hydrogens (tertiary/aromatic N) is 1. The van der Waals surface area contributed by atoms with Crippen LogP contribution in [0.4, 0.5) is 0 Å². The maximum Gasteiger partial charge on any atom is 0.0544 e. The normalized spacial score (nSPS) is 11.6. The summed E-state index contributed by atoms with van der Waals surface area (Å²) in [6.45, 7) is 0. The first-order valence-corrected chi connectivity index (χ1v) is 15.0. The molecule has 0 aliphatic heterocycles. The van der Waals surface area contributed by atoms with Gasteiger partial charge >= 0.3 is 0 Å². The fraction of sp³-hybridized carbons (Fsp3) is 0. The van der Waals surface area contributed by atoms with Gasteiger partial charge in [0.15, 0.2) is 0 Å². The van der Waals surface area contributed by atoms with E-state index in [-0.39, 0.29) is 0 Å². The summed E-state index contributed by atoms with van der Waals surface area (Å²) in [5.74, 6) is 0. The molecule has 0 amide bonds. The van der Waals surface area contributed by atoms with Crippen molar-refractivity contribution in [1.82, 2.24) is 15.0 Å². The molecule has 0 fully saturated rings. The van der Waals surface area contributed by atoms with Crippen molar-refractivity contribution in [2.45, 2.75) is 0 Å². The Labute approximate surface area is 254 Å². The minimum atomic E-state index is 1.09. The van der Waals surface area contributed by atoms with Crippen molar-refractivity contribution in [2.24, 2.45) is 0 Å². The van der Waals surface area contributed by atoms with Gasteiger partial charge < -0.3 is 9.97 Å². The van der Waals surface area contributed by atoms with Gasteiger partial charge in [-0.25, -0.2) is 0 Å². The van der Waals surface area contributed by atoms with Crippen LogP contribution in [0.3, 0.4) is 0 Å². The summed E-state index contributed by atoms with van der Waals surface area (Å²) in [7, 11) is 0. The maximum atomic E-state index is 4.69. The third kappa shape index (κ3) is 3.94. The zero-order valence-electron chi connectivity index (χ0n) is 23.9. The molecule has 0 saturated heterocycles. The predicted octanol–water partition coefficient (Wildman–Crippen LogP) is 11.0. The first-order valence-electron chi connectivity index (χ1n) is 15.0. The second-order valence-corrected chi connectivity index (χ2v) is 11.4. The Morgan fingerprint density at radius 3 is 1.27 bits per heavy atom.